The maximum Gasteiger partial charge on any atom is 0.256 e. The van der Waals surface area contributed by atoms with Gasteiger partial charge in [0.1, 0.15) is 5.82 Å². The van der Waals surface area contributed by atoms with E-state index in [0.717, 1.165) is 10.7 Å². The monoisotopic (exact) mass is 293 g/mol. The maximum absolute atomic E-state index is 13.7. The van der Waals surface area contributed by atoms with Gasteiger partial charge < -0.3 is 10.2 Å². The minimum absolute atomic E-state index is 0.221. The van der Waals surface area contributed by atoms with Crippen molar-refractivity contribution in [1.82, 2.24) is 9.88 Å². The minimum atomic E-state index is -0.434. The molecule has 1 aromatic carbocycles. The molecule has 0 saturated carbocycles. The summed E-state index contributed by atoms with van der Waals surface area (Å²) in [5.41, 5.74) is 1.38. The number of benzene rings is 1. The molecule has 6 heteroatoms. The van der Waals surface area contributed by atoms with Crippen LogP contribution in [0.25, 0.3) is 0 Å². The number of aromatic nitrogens is 1. The van der Waals surface area contributed by atoms with Crippen LogP contribution in [0.15, 0.2) is 23.6 Å². The molecule has 1 aromatic heterocycles. The van der Waals surface area contributed by atoms with Crippen molar-refractivity contribution in [3.8, 4) is 0 Å². The summed E-state index contributed by atoms with van der Waals surface area (Å²) in [6.07, 6.45) is 0. The fourth-order valence-corrected chi connectivity index (χ4v) is 2.56. The van der Waals surface area contributed by atoms with Crippen LogP contribution in [0.3, 0.4) is 0 Å². The van der Waals surface area contributed by atoms with Crippen molar-refractivity contribution in [1.29, 1.82) is 0 Å². The van der Waals surface area contributed by atoms with E-state index in [1.165, 1.54) is 17.0 Å². The molecule has 0 unspecified atom stereocenters. The highest BCUT2D eigenvalue weighted by atomic mass is 32.1. The average Bonchev–Trinajstić information content (AvgIpc) is 2.82. The lowest BCUT2D eigenvalue weighted by Crippen LogP contribution is -2.27. The van der Waals surface area contributed by atoms with Crippen molar-refractivity contribution in [2.45, 2.75) is 13.5 Å². The second-order valence-corrected chi connectivity index (χ2v) is 5.49. The lowest BCUT2D eigenvalue weighted by atomic mass is 10.1. The molecular weight excluding hydrogens is 277 g/mol. The van der Waals surface area contributed by atoms with E-state index in [4.69, 9.17) is 0 Å². The number of aryl methyl sites for hydroxylation is 1. The molecule has 0 fully saturated rings. The van der Waals surface area contributed by atoms with Crippen molar-refractivity contribution in [2.75, 3.05) is 19.4 Å². The number of rotatable bonds is 4. The number of nitrogens with one attached hydrogen (secondary N) is 1. The molecule has 4 nitrogen and oxygen atoms in total. The van der Waals surface area contributed by atoms with Gasteiger partial charge in [-0.1, -0.05) is 6.07 Å². The second kappa shape index (κ2) is 6.00. The van der Waals surface area contributed by atoms with Crippen molar-refractivity contribution in [2.24, 2.45) is 0 Å². The molecule has 0 saturated heterocycles. The van der Waals surface area contributed by atoms with E-state index >= 15 is 0 Å². The SMILES string of the molecule is CNc1c(F)cccc1C(=O)N(C)Cc1csc(C)n1. The first kappa shape index (κ1) is 14.5. The van der Waals surface area contributed by atoms with Crippen LogP contribution >= 0.6 is 11.3 Å². The first-order valence-electron chi connectivity index (χ1n) is 6.15. The first-order valence-corrected chi connectivity index (χ1v) is 7.03. The summed E-state index contributed by atoms with van der Waals surface area (Å²) in [5.74, 6) is -0.671. The van der Waals surface area contributed by atoms with Gasteiger partial charge >= 0.3 is 0 Å². The zero-order valence-electron chi connectivity index (χ0n) is 11.6. The van der Waals surface area contributed by atoms with E-state index in [2.05, 4.69) is 10.3 Å². The van der Waals surface area contributed by atoms with Gasteiger partial charge in [-0.05, 0) is 19.1 Å². The van der Waals surface area contributed by atoms with Gasteiger partial charge in [-0.15, -0.1) is 11.3 Å². The van der Waals surface area contributed by atoms with Gasteiger partial charge in [0.05, 0.1) is 28.5 Å². The molecule has 0 bridgehead atoms. The number of nitrogens with zero attached hydrogens (tertiary/aromatic N) is 2. The molecule has 0 aliphatic rings. The van der Waals surface area contributed by atoms with Crippen molar-refractivity contribution >= 4 is 22.9 Å². The van der Waals surface area contributed by atoms with E-state index in [-0.39, 0.29) is 11.6 Å². The normalized spacial score (nSPS) is 10.4. The third-order valence-corrected chi connectivity index (χ3v) is 3.73. The summed E-state index contributed by atoms with van der Waals surface area (Å²) in [6.45, 7) is 2.32. The second-order valence-electron chi connectivity index (χ2n) is 4.43. The van der Waals surface area contributed by atoms with E-state index in [0.29, 0.717) is 12.1 Å². The van der Waals surface area contributed by atoms with Crippen LogP contribution in [-0.4, -0.2) is 29.9 Å². The molecule has 0 radical (unpaired) electrons. The molecule has 0 aliphatic carbocycles. The molecule has 0 spiro atoms. The molecular formula is C14H16FN3OS. The van der Waals surface area contributed by atoms with E-state index in [1.54, 1.807) is 31.5 Å². The van der Waals surface area contributed by atoms with Crippen LogP contribution in [0.1, 0.15) is 21.1 Å². The number of carbonyl (C=O) groups excluding carboxylic acids is 1. The Kier molecular flexibility index (Phi) is 4.34. The predicted octanol–water partition coefficient (Wildman–Crippen LogP) is 2.90. The summed E-state index contributed by atoms with van der Waals surface area (Å²) < 4.78 is 13.7. The Morgan fingerprint density at radius 3 is 2.85 bits per heavy atom. The number of halogens is 1. The number of hydrogen-bond acceptors (Lipinski definition) is 4. The molecule has 0 aliphatic heterocycles. The molecule has 106 valence electrons. The fraction of sp³-hybridized carbons (Fsp3) is 0.286. The molecule has 20 heavy (non-hydrogen) atoms. The Labute approximate surface area is 121 Å². The van der Waals surface area contributed by atoms with Gasteiger partial charge in [0, 0.05) is 19.5 Å². The van der Waals surface area contributed by atoms with E-state index < -0.39 is 5.82 Å². The quantitative estimate of drug-likeness (QED) is 0.942. The predicted molar refractivity (Wildman–Crippen MR) is 78.6 cm³/mol. The van der Waals surface area contributed by atoms with Crippen LogP contribution < -0.4 is 5.32 Å². The number of anilines is 1. The summed E-state index contributed by atoms with van der Waals surface area (Å²) >= 11 is 1.54. The van der Waals surface area contributed by atoms with Gasteiger partial charge in [-0.3, -0.25) is 4.79 Å². The molecule has 1 amide bonds. The van der Waals surface area contributed by atoms with Gasteiger partial charge in [-0.2, -0.15) is 0 Å². The number of thiazole rings is 1. The Morgan fingerprint density at radius 1 is 1.50 bits per heavy atom. The molecule has 2 aromatic rings. The molecule has 1 N–H and O–H groups in total. The standard InChI is InChI=1S/C14H16FN3OS/c1-9-17-10(8-20-9)7-18(3)14(19)11-5-4-6-12(15)13(11)16-2/h4-6,8,16H,7H2,1-3H3. The van der Waals surface area contributed by atoms with Gasteiger partial charge in [0.25, 0.3) is 5.91 Å². The Morgan fingerprint density at radius 2 is 2.25 bits per heavy atom. The lowest BCUT2D eigenvalue weighted by molar-refractivity contribution is 0.0784. The van der Waals surface area contributed by atoms with Crippen LogP contribution in [0.5, 0.6) is 0 Å². The molecule has 1 heterocycles. The van der Waals surface area contributed by atoms with Crippen LogP contribution in [0, 0.1) is 12.7 Å². The smallest absolute Gasteiger partial charge is 0.256 e. The molecule has 2 rings (SSSR count). The number of para-hydroxylation sites is 1. The highest BCUT2D eigenvalue weighted by molar-refractivity contribution is 7.09. The van der Waals surface area contributed by atoms with E-state index in [9.17, 15) is 9.18 Å². The van der Waals surface area contributed by atoms with Crippen LogP contribution in [0.4, 0.5) is 10.1 Å². The third kappa shape index (κ3) is 2.96. The van der Waals surface area contributed by atoms with E-state index in [1.807, 2.05) is 12.3 Å². The maximum atomic E-state index is 13.7. The van der Waals surface area contributed by atoms with Gasteiger partial charge in [-0.25, -0.2) is 9.37 Å². The number of amides is 1. The zero-order chi connectivity index (χ0) is 14.7. The largest absolute Gasteiger partial charge is 0.385 e. The minimum Gasteiger partial charge on any atom is -0.385 e. The topological polar surface area (TPSA) is 45.2 Å². The summed E-state index contributed by atoms with van der Waals surface area (Å²) in [5, 5.41) is 5.61. The Balaban J connectivity index is 2.20. The Bertz CT molecular complexity index is 627. The number of carbonyl (C=O) groups is 1. The van der Waals surface area contributed by atoms with Gasteiger partial charge in [0.15, 0.2) is 0 Å². The van der Waals surface area contributed by atoms with Crippen molar-refractivity contribution in [3.63, 3.8) is 0 Å². The van der Waals surface area contributed by atoms with Crippen LogP contribution in [-0.2, 0) is 6.54 Å². The summed E-state index contributed by atoms with van der Waals surface area (Å²) in [4.78, 5) is 18.2. The zero-order valence-corrected chi connectivity index (χ0v) is 12.4. The van der Waals surface area contributed by atoms with Crippen molar-refractivity contribution < 1.29 is 9.18 Å². The van der Waals surface area contributed by atoms with Crippen molar-refractivity contribution in [3.05, 3.63) is 45.7 Å². The highest BCUT2D eigenvalue weighted by Gasteiger charge is 2.18. The first-order chi connectivity index (χ1) is 9.52. The van der Waals surface area contributed by atoms with Gasteiger partial charge in [0.2, 0.25) is 0 Å². The lowest BCUT2D eigenvalue weighted by Gasteiger charge is -2.18. The highest BCUT2D eigenvalue weighted by Crippen LogP contribution is 2.21. The average molecular weight is 293 g/mol. The summed E-state index contributed by atoms with van der Waals surface area (Å²) in [6, 6.07) is 4.47. The van der Waals surface area contributed by atoms with Crippen LogP contribution in [0.2, 0.25) is 0 Å². The summed E-state index contributed by atoms with van der Waals surface area (Å²) in [7, 11) is 3.28. The Hall–Kier alpha value is -1.95. The fourth-order valence-electron chi connectivity index (χ4n) is 1.96. The third-order valence-electron chi connectivity index (χ3n) is 2.91. The number of hydrogen-bond donors (Lipinski definition) is 1. The molecule has 0 atom stereocenters.